The maximum Gasteiger partial charge on any atom is 0.0456 e. The molecule has 1 N–H and O–H groups in total. The zero-order chi connectivity index (χ0) is 12.8. The molecule has 1 aromatic carbocycles. The van der Waals surface area contributed by atoms with Crippen LogP contribution in [0.15, 0.2) is 30.5 Å². The van der Waals surface area contributed by atoms with E-state index in [1.807, 2.05) is 6.20 Å². The topological polar surface area (TPSA) is 19.0 Å². The first-order valence-corrected chi connectivity index (χ1v) is 7.12. The second-order valence-corrected chi connectivity index (χ2v) is 4.99. The molecule has 0 saturated heterocycles. The van der Waals surface area contributed by atoms with Crippen LogP contribution in [-0.2, 0) is 6.42 Å². The average molecular weight is 244 g/mol. The number of hydrogen-bond donors (Lipinski definition) is 1. The molecule has 0 spiro atoms. The monoisotopic (exact) mass is 244 g/mol. The van der Waals surface area contributed by atoms with Crippen LogP contribution in [0.1, 0.15) is 32.3 Å². The lowest BCUT2D eigenvalue weighted by molar-refractivity contribution is 0.278. The molecule has 0 aliphatic carbocycles. The van der Waals surface area contributed by atoms with Crippen LogP contribution in [0.2, 0.25) is 0 Å². The van der Waals surface area contributed by atoms with Crippen LogP contribution in [0, 0.1) is 0 Å². The number of nitrogens with one attached hydrogen (secondary N) is 1. The van der Waals surface area contributed by atoms with Gasteiger partial charge in [0.25, 0.3) is 0 Å². The first kappa shape index (κ1) is 13.2. The van der Waals surface area contributed by atoms with Gasteiger partial charge in [-0.2, -0.15) is 0 Å². The van der Waals surface area contributed by atoms with Crippen molar-refractivity contribution in [2.45, 2.75) is 33.1 Å². The molecule has 0 radical (unpaired) electrons. The summed E-state index contributed by atoms with van der Waals surface area (Å²) in [5, 5.41) is 1.30. The Labute approximate surface area is 110 Å². The molecule has 1 aromatic heterocycles. The van der Waals surface area contributed by atoms with Gasteiger partial charge >= 0.3 is 0 Å². The van der Waals surface area contributed by atoms with E-state index in [1.54, 1.807) is 0 Å². The highest BCUT2D eigenvalue weighted by Crippen LogP contribution is 2.14. The molecule has 98 valence electrons. The summed E-state index contributed by atoms with van der Waals surface area (Å²) in [6.07, 6.45) is 5.65. The number of H-pyrrole nitrogens is 1. The third-order valence-corrected chi connectivity index (χ3v) is 3.42. The highest BCUT2D eigenvalue weighted by molar-refractivity contribution is 5.79. The Morgan fingerprint density at radius 1 is 1.00 bits per heavy atom. The van der Waals surface area contributed by atoms with E-state index in [4.69, 9.17) is 0 Å². The van der Waals surface area contributed by atoms with Crippen molar-refractivity contribution in [3.05, 3.63) is 36.0 Å². The lowest BCUT2D eigenvalue weighted by Gasteiger charge is -2.20. The Balaban J connectivity index is 1.95. The lowest BCUT2D eigenvalue weighted by Crippen LogP contribution is -2.27. The molecule has 0 saturated carbocycles. The Morgan fingerprint density at radius 3 is 2.50 bits per heavy atom. The van der Waals surface area contributed by atoms with Crippen molar-refractivity contribution >= 4 is 10.9 Å². The van der Waals surface area contributed by atoms with Gasteiger partial charge in [0, 0.05) is 18.3 Å². The maximum atomic E-state index is 3.28. The highest BCUT2D eigenvalue weighted by Gasteiger charge is 2.03. The standard InChI is InChI=1S/C16H24N2/c1-3-10-18(11-4-2)12-8-14-5-6-15-7-9-17-16(15)13-14/h5-7,9,13,17H,3-4,8,10-12H2,1-2H3. The fourth-order valence-electron chi connectivity index (χ4n) is 2.51. The summed E-state index contributed by atoms with van der Waals surface area (Å²) < 4.78 is 0. The van der Waals surface area contributed by atoms with E-state index in [-0.39, 0.29) is 0 Å². The molecule has 1 heterocycles. The van der Waals surface area contributed by atoms with Gasteiger partial charge in [-0.15, -0.1) is 0 Å². The lowest BCUT2D eigenvalue weighted by atomic mass is 10.1. The summed E-state index contributed by atoms with van der Waals surface area (Å²) in [4.78, 5) is 5.85. The summed E-state index contributed by atoms with van der Waals surface area (Å²) in [5.74, 6) is 0. The van der Waals surface area contributed by atoms with E-state index < -0.39 is 0 Å². The van der Waals surface area contributed by atoms with Crippen LogP contribution in [0.4, 0.5) is 0 Å². The smallest absolute Gasteiger partial charge is 0.0456 e. The molecule has 18 heavy (non-hydrogen) atoms. The van der Waals surface area contributed by atoms with Crippen LogP contribution in [-0.4, -0.2) is 29.5 Å². The fourth-order valence-corrected chi connectivity index (χ4v) is 2.51. The molecule has 0 unspecified atom stereocenters. The van der Waals surface area contributed by atoms with Crippen molar-refractivity contribution < 1.29 is 0 Å². The quantitative estimate of drug-likeness (QED) is 0.784. The van der Waals surface area contributed by atoms with Gasteiger partial charge in [0.05, 0.1) is 0 Å². The Bertz CT molecular complexity index is 467. The molecule has 0 atom stereocenters. The molecule has 2 rings (SSSR count). The molecular formula is C16H24N2. The van der Waals surface area contributed by atoms with Crippen LogP contribution in [0.5, 0.6) is 0 Å². The number of benzene rings is 1. The predicted molar refractivity (Wildman–Crippen MR) is 79.0 cm³/mol. The molecule has 2 nitrogen and oxygen atoms in total. The number of nitrogens with zero attached hydrogens (tertiary/aromatic N) is 1. The number of aromatic amines is 1. The number of rotatable bonds is 7. The minimum atomic E-state index is 1.15. The van der Waals surface area contributed by atoms with Crippen molar-refractivity contribution in [2.75, 3.05) is 19.6 Å². The van der Waals surface area contributed by atoms with E-state index in [0.29, 0.717) is 0 Å². The van der Waals surface area contributed by atoms with Crippen LogP contribution in [0.25, 0.3) is 10.9 Å². The van der Waals surface area contributed by atoms with E-state index >= 15 is 0 Å². The first-order valence-electron chi connectivity index (χ1n) is 7.12. The minimum absolute atomic E-state index is 1.15. The first-order chi connectivity index (χ1) is 8.83. The van der Waals surface area contributed by atoms with Crippen LogP contribution >= 0.6 is 0 Å². The molecular weight excluding hydrogens is 220 g/mol. The van der Waals surface area contributed by atoms with Crippen molar-refractivity contribution in [3.8, 4) is 0 Å². The highest BCUT2D eigenvalue weighted by atomic mass is 15.1. The Hall–Kier alpha value is -1.28. The number of hydrogen-bond acceptors (Lipinski definition) is 1. The largest absolute Gasteiger partial charge is 0.361 e. The minimum Gasteiger partial charge on any atom is -0.361 e. The van der Waals surface area contributed by atoms with Gasteiger partial charge in [-0.3, -0.25) is 0 Å². The molecule has 0 aliphatic heterocycles. The van der Waals surface area contributed by atoms with Gasteiger partial charge < -0.3 is 9.88 Å². The van der Waals surface area contributed by atoms with Gasteiger partial charge in [0.1, 0.15) is 0 Å². The van der Waals surface area contributed by atoms with Gasteiger partial charge in [0.15, 0.2) is 0 Å². The summed E-state index contributed by atoms with van der Waals surface area (Å²) in [7, 11) is 0. The van der Waals surface area contributed by atoms with Crippen molar-refractivity contribution in [2.24, 2.45) is 0 Å². The summed E-state index contributed by atoms with van der Waals surface area (Å²) in [6, 6.07) is 8.88. The predicted octanol–water partition coefficient (Wildman–Crippen LogP) is 3.83. The van der Waals surface area contributed by atoms with Crippen molar-refractivity contribution in [1.82, 2.24) is 9.88 Å². The molecule has 0 amide bonds. The maximum absolute atomic E-state index is 3.28. The Kier molecular flexibility index (Phi) is 4.82. The van der Waals surface area contributed by atoms with Gasteiger partial charge in [-0.1, -0.05) is 26.0 Å². The molecule has 0 bridgehead atoms. The second-order valence-electron chi connectivity index (χ2n) is 4.99. The normalized spacial score (nSPS) is 11.5. The Morgan fingerprint density at radius 2 is 1.78 bits per heavy atom. The van der Waals surface area contributed by atoms with Crippen molar-refractivity contribution in [1.29, 1.82) is 0 Å². The van der Waals surface area contributed by atoms with E-state index in [0.717, 1.165) is 6.42 Å². The van der Waals surface area contributed by atoms with Crippen LogP contribution in [0.3, 0.4) is 0 Å². The molecule has 0 aliphatic rings. The third kappa shape index (κ3) is 3.36. The van der Waals surface area contributed by atoms with Gasteiger partial charge in [0.2, 0.25) is 0 Å². The van der Waals surface area contributed by atoms with Gasteiger partial charge in [-0.25, -0.2) is 0 Å². The number of fused-ring (bicyclic) bond motifs is 1. The van der Waals surface area contributed by atoms with Crippen molar-refractivity contribution in [3.63, 3.8) is 0 Å². The number of aromatic nitrogens is 1. The molecule has 2 heteroatoms. The third-order valence-electron chi connectivity index (χ3n) is 3.42. The van der Waals surface area contributed by atoms with Gasteiger partial charge in [-0.05, 0) is 55.4 Å². The zero-order valence-corrected chi connectivity index (χ0v) is 11.6. The molecule has 0 fully saturated rings. The second kappa shape index (κ2) is 6.60. The fraction of sp³-hybridized carbons (Fsp3) is 0.500. The molecule has 2 aromatic rings. The average Bonchev–Trinajstić information content (AvgIpc) is 2.84. The SMILES string of the molecule is CCCN(CCC)CCc1ccc2cc[nH]c2c1. The summed E-state index contributed by atoms with van der Waals surface area (Å²) in [6.45, 7) is 8.13. The van der Waals surface area contributed by atoms with E-state index in [9.17, 15) is 0 Å². The summed E-state index contributed by atoms with van der Waals surface area (Å²) in [5.41, 5.74) is 2.69. The van der Waals surface area contributed by atoms with E-state index in [1.165, 1.54) is 48.9 Å². The van der Waals surface area contributed by atoms with Crippen LogP contribution < -0.4 is 0 Å². The van der Waals surface area contributed by atoms with E-state index in [2.05, 4.69) is 48.0 Å². The zero-order valence-electron chi connectivity index (χ0n) is 11.6. The summed E-state index contributed by atoms with van der Waals surface area (Å²) >= 11 is 0.